The van der Waals surface area contributed by atoms with Crippen LogP contribution in [0.5, 0.6) is 5.88 Å². The van der Waals surface area contributed by atoms with E-state index in [0.29, 0.717) is 11.3 Å². The Morgan fingerprint density at radius 1 is 1.47 bits per heavy atom. The third-order valence-electron chi connectivity index (χ3n) is 2.39. The maximum Gasteiger partial charge on any atom is 0.258 e. The number of ether oxygens (including phenoxy) is 1. The number of aromatic nitrogens is 1. The highest BCUT2D eigenvalue weighted by atomic mass is 19.1. The number of hydrogen-bond acceptors (Lipinski definition) is 4. The predicted octanol–water partition coefficient (Wildman–Crippen LogP) is 1.82. The molecule has 0 bridgehead atoms. The van der Waals surface area contributed by atoms with Gasteiger partial charge in [0.2, 0.25) is 0 Å². The third-order valence-corrected chi connectivity index (χ3v) is 2.39. The molecule has 2 aromatic rings. The van der Waals surface area contributed by atoms with Gasteiger partial charge in [-0.15, -0.1) is 0 Å². The zero-order valence-electron chi connectivity index (χ0n) is 10.4. The van der Waals surface area contributed by atoms with Crippen molar-refractivity contribution in [3.05, 3.63) is 47.5 Å². The van der Waals surface area contributed by atoms with Crippen molar-refractivity contribution >= 4 is 5.91 Å². The summed E-state index contributed by atoms with van der Waals surface area (Å²) in [6.45, 7) is 1.64. The van der Waals surface area contributed by atoms with Crippen molar-refractivity contribution in [1.82, 2.24) is 10.5 Å². The van der Waals surface area contributed by atoms with E-state index in [1.54, 1.807) is 31.2 Å². The molecule has 6 heteroatoms. The normalized spacial score (nSPS) is 10.2. The van der Waals surface area contributed by atoms with Gasteiger partial charge in [-0.2, -0.15) is 0 Å². The van der Waals surface area contributed by atoms with Crippen LogP contribution in [0.1, 0.15) is 11.3 Å². The molecule has 0 radical (unpaired) electrons. The van der Waals surface area contributed by atoms with E-state index in [1.807, 2.05) is 0 Å². The van der Waals surface area contributed by atoms with E-state index >= 15 is 0 Å². The summed E-state index contributed by atoms with van der Waals surface area (Å²) in [5, 5.41) is 6.14. The number of carbonyl (C=O) groups is 1. The summed E-state index contributed by atoms with van der Waals surface area (Å²) in [7, 11) is 0. The van der Waals surface area contributed by atoms with Gasteiger partial charge in [-0.3, -0.25) is 4.79 Å². The van der Waals surface area contributed by atoms with E-state index < -0.39 is 0 Å². The number of amides is 1. The van der Waals surface area contributed by atoms with Crippen molar-refractivity contribution in [2.24, 2.45) is 0 Å². The number of nitrogens with one attached hydrogen (secondary N) is 1. The van der Waals surface area contributed by atoms with Crippen molar-refractivity contribution in [3.8, 4) is 5.88 Å². The highest BCUT2D eigenvalue weighted by Crippen LogP contribution is 2.09. The molecule has 1 aromatic heterocycles. The largest absolute Gasteiger partial charge is 0.465 e. The predicted molar refractivity (Wildman–Crippen MR) is 65.0 cm³/mol. The van der Waals surface area contributed by atoms with Gasteiger partial charge in [-0.25, -0.2) is 4.39 Å². The Labute approximate surface area is 109 Å². The lowest BCUT2D eigenvalue weighted by Crippen LogP contribution is -2.28. The van der Waals surface area contributed by atoms with Crippen molar-refractivity contribution < 1.29 is 18.4 Å². The molecule has 0 fully saturated rings. The monoisotopic (exact) mass is 264 g/mol. The van der Waals surface area contributed by atoms with Crippen LogP contribution in [-0.4, -0.2) is 17.7 Å². The van der Waals surface area contributed by atoms with Gasteiger partial charge in [0.15, 0.2) is 6.61 Å². The van der Waals surface area contributed by atoms with Gasteiger partial charge in [0.25, 0.3) is 11.8 Å². The molecule has 0 spiro atoms. The van der Waals surface area contributed by atoms with E-state index in [1.165, 1.54) is 6.07 Å². The lowest BCUT2D eigenvalue weighted by Gasteiger charge is -2.06. The minimum absolute atomic E-state index is 0.118. The molecule has 1 N–H and O–H groups in total. The quantitative estimate of drug-likeness (QED) is 0.894. The van der Waals surface area contributed by atoms with E-state index in [4.69, 9.17) is 9.26 Å². The number of carbonyl (C=O) groups excluding carboxylic acids is 1. The van der Waals surface area contributed by atoms with Crippen LogP contribution in [0.4, 0.5) is 4.39 Å². The molecule has 1 amide bonds. The summed E-state index contributed by atoms with van der Waals surface area (Å²) in [4.78, 5) is 11.5. The van der Waals surface area contributed by atoms with Crippen molar-refractivity contribution in [2.45, 2.75) is 13.5 Å². The van der Waals surface area contributed by atoms with Gasteiger partial charge < -0.3 is 14.6 Å². The van der Waals surface area contributed by atoms with Crippen molar-refractivity contribution in [2.75, 3.05) is 6.61 Å². The Kier molecular flexibility index (Phi) is 4.12. The van der Waals surface area contributed by atoms with Crippen LogP contribution in [0, 0.1) is 12.7 Å². The average molecular weight is 264 g/mol. The molecular formula is C13H13FN2O3. The van der Waals surface area contributed by atoms with Gasteiger partial charge >= 0.3 is 0 Å². The molecule has 0 unspecified atom stereocenters. The molecule has 0 saturated heterocycles. The van der Waals surface area contributed by atoms with Crippen LogP contribution in [0.3, 0.4) is 0 Å². The Balaban J connectivity index is 1.77. The van der Waals surface area contributed by atoms with Gasteiger partial charge in [-0.1, -0.05) is 18.2 Å². The van der Waals surface area contributed by atoms with E-state index in [9.17, 15) is 9.18 Å². The first kappa shape index (κ1) is 13.1. The van der Waals surface area contributed by atoms with Crippen LogP contribution in [0.15, 0.2) is 34.9 Å². The fourth-order valence-corrected chi connectivity index (χ4v) is 1.44. The number of nitrogens with zero attached hydrogens (tertiary/aromatic N) is 1. The topological polar surface area (TPSA) is 64.4 Å². The van der Waals surface area contributed by atoms with Gasteiger partial charge in [0.1, 0.15) is 11.6 Å². The Morgan fingerprint density at radius 3 is 2.95 bits per heavy atom. The molecule has 0 atom stereocenters. The lowest BCUT2D eigenvalue weighted by molar-refractivity contribution is -0.123. The first-order chi connectivity index (χ1) is 9.15. The second-order valence-corrected chi connectivity index (χ2v) is 3.93. The summed E-state index contributed by atoms with van der Waals surface area (Å²) in [6.07, 6.45) is 0. The molecule has 0 aliphatic rings. The Hall–Kier alpha value is -2.37. The van der Waals surface area contributed by atoms with Crippen LogP contribution in [0.25, 0.3) is 0 Å². The molecule has 0 aliphatic carbocycles. The van der Waals surface area contributed by atoms with E-state index in [0.717, 1.165) is 0 Å². The standard InChI is InChI=1S/C13H13FN2O3/c1-9-6-13(16-19-9)18-8-12(17)15-7-10-4-2-3-5-11(10)14/h2-6H,7-8H2,1H3,(H,15,17). The molecule has 2 rings (SSSR count). The molecule has 100 valence electrons. The number of aryl methyl sites for hydroxylation is 1. The summed E-state index contributed by atoms with van der Waals surface area (Å²) in [5.41, 5.74) is 0.424. The maximum atomic E-state index is 13.3. The van der Waals surface area contributed by atoms with Gasteiger partial charge in [-0.05, 0) is 18.1 Å². The maximum absolute atomic E-state index is 13.3. The van der Waals surface area contributed by atoms with Crippen LogP contribution in [-0.2, 0) is 11.3 Å². The fraction of sp³-hybridized carbons (Fsp3) is 0.231. The second-order valence-electron chi connectivity index (χ2n) is 3.93. The Bertz CT molecular complexity index is 569. The van der Waals surface area contributed by atoms with Crippen molar-refractivity contribution in [3.63, 3.8) is 0 Å². The minimum Gasteiger partial charge on any atom is -0.465 e. The highest BCUT2D eigenvalue weighted by Gasteiger charge is 2.07. The second kappa shape index (κ2) is 5.99. The van der Waals surface area contributed by atoms with E-state index in [2.05, 4.69) is 10.5 Å². The lowest BCUT2D eigenvalue weighted by atomic mass is 10.2. The van der Waals surface area contributed by atoms with Gasteiger partial charge in [0, 0.05) is 18.2 Å². The molecule has 1 aromatic carbocycles. The highest BCUT2D eigenvalue weighted by molar-refractivity contribution is 5.77. The van der Waals surface area contributed by atoms with Crippen LogP contribution < -0.4 is 10.1 Å². The zero-order chi connectivity index (χ0) is 13.7. The summed E-state index contributed by atoms with van der Waals surface area (Å²) < 4.78 is 23.2. The first-order valence-electron chi connectivity index (χ1n) is 5.71. The Morgan fingerprint density at radius 2 is 2.26 bits per heavy atom. The molecular weight excluding hydrogens is 251 g/mol. The first-order valence-corrected chi connectivity index (χ1v) is 5.71. The smallest absolute Gasteiger partial charge is 0.258 e. The zero-order valence-corrected chi connectivity index (χ0v) is 10.4. The SMILES string of the molecule is Cc1cc(OCC(=O)NCc2ccccc2F)no1. The van der Waals surface area contributed by atoms with Crippen LogP contribution in [0.2, 0.25) is 0 Å². The van der Waals surface area contributed by atoms with Gasteiger partial charge in [0.05, 0.1) is 0 Å². The van der Waals surface area contributed by atoms with Crippen LogP contribution >= 0.6 is 0 Å². The molecule has 0 aliphatic heterocycles. The average Bonchev–Trinajstić information content (AvgIpc) is 2.81. The minimum atomic E-state index is -0.357. The summed E-state index contributed by atoms with van der Waals surface area (Å²) in [5.74, 6) is 0.139. The fourth-order valence-electron chi connectivity index (χ4n) is 1.44. The number of hydrogen-bond donors (Lipinski definition) is 1. The molecule has 1 heterocycles. The molecule has 5 nitrogen and oxygen atoms in total. The third kappa shape index (κ3) is 3.80. The number of rotatable bonds is 5. The summed E-state index contributed by atoms with van der Waals surface area (Å²) in [6, 6.07) is 7.83. The summed E-state index contributed by atoms with van der Waals surface area (Å²) >= 11 is 0. The van der Waals surface area contributed by atoms with E-state index in [-0.39, 0.29) is 30.8 Å². The molecule has 0 saturated carbocycles. The van der Waals surface area contributed by atoms with Crippen molar-refractivity contribution in [1.29, 1.82) is 0 Å². The number of halogens is 1. The molecule has 19 heavy (non-hydrogen) atoms. The number of benzene rings is 1.